The molecule has 0 saturated heterocycles. The number of aryl methyl sites for hydroxylation is 1. The Bertz CT molecular complexity index is 845. The normalized spacial score (nSPS) is 11.3. The van der Waals surface area contributed by atoms with Gasteiger partial charge in [0.05, 0.1) is 6.61 Å². The van der Waals surface area contributed by atoms with Crippen LogP contribution in [0.15, 0.2) is 40.4 Å². The van der Waals surface area contributed by atoms with Gasteiger partial charge in [0, 0.05) is 29.5 Å². The van der Waals surface area contributed by atoms with Gasteiger partial charge in [0.15, 0.2) is 0 Å². The third-order valence-corrected chi connectivity index (χ3v) is 4.58. The first kappa shape index (κ1) is 20.0. The highest BCUT2D eigenvalue weighted by atomic mass is 79.9. The van der Waals surface area contributed by atoms with Crippen molar-refractivity contribution in [1.29, 1.82) is 5.26 Å². The van der Waals surface area contributed by atoms with E-state index in [1.807, 2.05) is 50.2 Å². The van der Waals surface area contributed by atoms with Crippen molar-refractivity contribution >= 4 is 28.0 Å². The van der Waals surface area contributed by atoms with E-state index in [4.69, 9.17) is 9.47 Å². The fraction of sp³-hybridized carbons (Fsp3) is 0.300. The highest BCUT2D eigenvalue weighted by molar-refractivity contribution is 9.10. The number of hydrogen-bond acceptors (Lipinski definition) is 4. The van der Waals surface area contributed by atoms with Gasteiger partial charge in [-0.3, -0.25) is 0 Å². The van der Waals surface area contributed by atoms with Gasteiger partial charge in [-0.1, -0.05) is 28.1 Å². The molecule has 0 N–H and O–H groups in total. The topological polar surface area (TPSA) is 64.2 Å². The average Bonchev–Trinajstić information content (AvgIpc) is 2.90. The molecule has 1 aromatic heterocycles. The molecular weight excluding hydrogens is 396 g/mol. The van der Waals surface area contributed by atoms with Crippen LogP contribution in [0, 0.1) is 25.2 Å². The van der Waals surface area contributed by atoms with Crippen molar-refractivity contribution in [3.05, 3.63) is 62.9 Å². The summed E-state index contributed by atoms with van der Waals surface area (Å²) in [6.07, 6.45) is 1.58. The molecule has 0 saturated carbocycles. The lowest BCUT2D eigenvalue weighted by Crippen LogP contribution is -2.08. The number of ether oxygens (including phenoxy) is 2. The molecule has 136 valence electrons. The molecule has 0 unspecified atom stereocenters. The van der Waals surface area contributed by atoms with E-state index >= 15 is 0 Å². The number of aromatic nitrogens is 1. The second kappa shape index (κ2) is 9.37. The maximum Gasteiger partial charge on any atom is 0.349 e. The number of esters is 1. The second-order valence-corrected chi connectivity index (χ2v) is 6.76. The molecule has 0 bridgehead atoms. The van der Waals surface area contributed by atoms with E-state index in [0.717, 1.165) is 33.5 Å². The summed E-state index contributed by atoms with van der Waals surface area (Å²) in [5.74, 6) is -0.628. The molecular formula is C20H21BrN2O3. The number of benzene rings is 1. The molecule has 0 aliphatic heterocycles. The van der Waals surface area contributed by atoms with E-state index in [1.54, 1.807) is 13.2 Å². The third-order valence-electron chi connectivity index (χ3n) is 4.06. The van der Waals surface area contributed by atoms with Crippen LogP contribution in [0.4, 0.5) is 0 Å². The van der Waals surface area contributed by atoms with E-state index in [2.05, 4.69) is 20.5 Å². The summed E-state index contributed by atoms with van der Waals surface area (Å²) in [5, 5.41) is 9.35. The zero-order valence-electron chi connectivity index (χ0n) is 15.1. The lowest BCUT2D eigenvalue weighted by molar-refractivity contribution is -0.139. The Morgan fingerprint density at radius 3 is 2.62 bits per heavy atom. The van der Waals surface area contributed by atoms with Crippen molar-refractivity contribution in [2.24, 2.45) is 0 Å². The Labute approximate surface area is 162 Å². The highest BCUT2D eigenvalue weighted by Gasteiger charge is 2.14. The molecule has 0 atom stereocenters. The molecule has 0 radical (unpaired) electrons. The lowest BCUT2D eigenvalue weighted by Gasteiger charge is -2.08. The van der Waals surface area contributed by atoms with Crippen LogP contribution in [0.5, 0.6) is 0 Å². The van der Waals surface area contributed by atoms with Crippen molar-refractivity contribution in [3.8, 4) is 6.07 Å². The Morgan fingerprint density at radius 1 is 1.31 bits per heavy atom. The smallest absolute Gasteiger partial charge is 0.349 e. The van der Waals surface area contributed by atoms with Gasteiger partial charge in [-0.05, 0) is 49.2 Å². The molecule has 1 heterocycles. The first-order valence-electron chi connectivity index (χ1n) is 8.15. The van der Waals surface area contributed by atoms with Crippen molar-refractivity contribution in [2.45, 2.75) is 27.0 Å². The molecule has 0 spiro atoms. The fourth-order valence-electron chi connectivity index (χ4n) is 2.60. The van der Waals surface area contributed by atoms with Gasteiger partial charge in [0.2, 0.25) is 0 Å². The fourth-order valence-corrected chi connectivity index (χ4v) is 2.86. The molecule has 2 aromatic rings. The summed E-state index contributed by atoms with van der Waals surface area (Å²) >= 11 is 3.36. The number of halogens is 1. The first-order chi connectivity index (χ1) is 12.5. The number of hydrogen-bond donors (Lipinski definition) is 0. The van der Waals surface area contributed by atoms with E-state index in [-0.39, 0.29) is 12.2 Å². The largest absolute Gasteiger partial charge is 0.457 e. The minimum Gasteiger partial charge on any atom is -0.457 e. The first-order valence-corrected chi connectivity index (χ1v) is 8.94. The number of rotatable bonds is 7. The summed E-state index contributed by atoms with van der Waals surface area (Å²) in [6.45, 7) is 5.38. The van der Waals surface area contributed by atoms with Gasteiger partial charge in [-0.2, -0.15) is 5.26 Å². The number of nitrogens with zero attached hydrogens (tertiary/aromatic N) is 2. The molecule has 0 amide bonds. The number of nitriles is 1. The molecule has 1 aromatic carbocycles. The van der Waals surface area contributed by atoms with Gasteiger partial charge >= 0.3 is 5.97 Å². The SMILES string of the molecule is COCCn1c(C)cc(/C=C(\C#N)C(=O)OCc2ccc(Br)cc2)c1C. The van der Waals surface area contributed by atoms with Gasteiger partial charge in [-0.15, -0.1) is 0 Å². The predicted molar refractivity (Wildman–Crippen MR) is 103 cm³/mol. The quantitative estimate of drug-likeness (QED) is 0.386. The van der Waals surface area contributed by atoms with Crippen LogP contribution < -0.4 is 0 Å². The third kappa shape index (κ3) is 5.07. The number of methoxy groups -OCH3 is 1. The Morgan fingerprint density at radius 2 is 2.00 bits per heavy atom. The summed E-state index contributed by atoms with van der Waals surface area (Å²) in [4.78, 5) is 12.2. The molecule has 5 nitrogen and oxygen atoms in total. The summed E-state index contributed by atoms with van der Waals surface area (Å²) in [7, 11) is 1.66. The molecule has 0 aliphatic carbocycles. The minimum atomic E-state index is -0.628. The molecule has 26 heavy (non-hydrogen) atoms. The predicted octanol–water partition coefficient (Wildman–Crippen LogP) is 4.16. The molecule has 2 rings (SSSR count). The standard InChI is InChI=1S/C20H21BrN2O3/c1-14-10-17(15(2)23(14)8-9-25-3)11-18(12-22)20(24)26-13-16-4-6-19(21)7-5-16/h4-7,10-11H,8-9,13H2,1-3H3/b18-11+. The van der Waals surface area contributed by atoms with Crippen LogP contribution in [0.3, 0.4) is 0 Å². The van der Waals surface area contributed by atoms with Crippen molar-refractivity contribution < 1.29 is 14.3 Å². The van der Waals surface area contributed by atoms with Crippen LogP contribution in [0.2, 0.25) is 0 Å². The number of carbonyl (C=O) groups excluding carboxylic acids is 1. The Kier molecular flexibility index (Phi) is 7.19. The number of carbonyl (C=O) groups is 1. The van der Waals surface area contributed by atoms with E-state index in [1.165, 1.54) is 0 Å². The van der Waals surface area contributed by atoms with Gasteiger partial charge < -0.3 is 14.0 Å². The lowest BCUT2D eigenvalue weighted by atomic mass is 10.1. The zero-order valence-corrected chi connectivity index (χ0v) is 16.7. The monoisotopic (exact) mass is 416 g/mol. The van der Waals surface area contributed by atoms with Crippen LogP contribution in [-0.4, -0.2) is 24.3 Å². The van der Waals surface area contributed by atoms with E-state index in [0.29, 0.717) is 6.61 Å². The van der Waals surface area contributed by atoms with E-state index < -0.39 is 5.97 Å². The van der Waals surface area contributed by atoms with Crippen molar-refractivity contribution in [2.75, 3.05) is 13.7 Å². The summed E-state index contributed by atoms with van der Waals surface area (Å²) in [5.41, 5.74) is 3.70. The second-order valence-electron chi connectivity index (χ2n) is 5.84. The molecule has 0 aliphatic rings. The van der Waals surface area contributed by atoms with Crippen LogP contribution in [0.1, 0.15) is 22.5 Å². The Balaban J connectivity index is 2.13. The summed E-state index contributed by atoms with van der Waals surface area (Å²) in [6, 6.07) is 11.4. The van der Waals surface area contributed by atoms with Crippen molar-refractivity contribution in [1.82, 2.24) is 4.57 Å². The summed E-state index contributed by atoms with van der Waals surface area (Å²) < 4.78 is 13.4. The van der Waals surface area contributed by atoms with Crippen LogP contribution in [-0.2, 0) is 27.4 Å². The average molecular weight is 417 g/mol. The minimum absolute atomic E-state index is 0.0193. The van der Waals surface area contributed by atoms with Crippen molar-refractivity contribution in [3.63, 3.8) is 0 Å². The van der Waals surface area contributed by atoms with Gasteiger partial charge in [-0.25, -0.2) is 4.79 Å². The Hall–Kier alpha value is -2.36. The highest BCUT2D eigenvalue weighted by Crippen LogP contribution is 2.19. The van der Waals surface area contributed by atoms with Gasteiger partial charge in [0.1, 0.15) is 18.2 Å². The maximum atomic E-state index is 12.2. The maximum absolute atomic E-state index is 12.2. The van der Waals surface area contributed by atoms with E-state index in [9.17, 15) is 10.1 Å². The zero-order chi connectivity index (χ0) is 19.1. The van der Waals surface area contributed by atoms with Crippen LogP contribution >= 0.6 is 15.9 Å². The van der Waals surface area contributed by atoms with Crippen LogP contribution in [0.25, 0.3) is 6.08 Å². The molecule has 0 fully saturated rings. The van der Waals surface area contributed by atoms with Gasteiger partial charge in [0.25, 0.3) is 0 Å². The molecule has 6 heteroatoms.